The van der Waals surface area contributed by atoms with Crippen LogP contribution in [0.15, 0.2) is 47.5 Å². The Balaban J connectivity index is 2.32. The van der Waals surface area contributed by atoms with Crippen LogP contribution >= 0.6 is 11.6 Å². The second kappa shape index (κ2) is 4.89. The molecule has 0 aromatic heterocycles. The fourth-order valence-electron chi connectivity index (χ4n) is 1.34. The molecule has 2 aromatic carbocycles. The molecule has 0 amide bonds. The molecule has 0 saturated carbocycles. The molecule has 17 heavy (non-hydrogen) atoms. The van der Waals surface area contributed by atoms with E-state index in [-0.39, 0.29) is 11.5 Å². The monoisotopic (exact) mass is 247 g/mol. The predicted molar refractivity (Wildman–Crippen MR) is 68.5 cm³/mol. The fraction of sp³-hybridized carbons (Fsp3) is 0. The Morgan fingerprint density at radius 2 is 1.76 bits per heavy atom. The van der Waals surface area contributed by atoms with Crippen molar-refractivity contribution in [2.24, 2.45) is 4.99 Å². The summed E-state index contributed by atoms with van der Waals surface area (Å²) in [7, 11) is 0. The predicted octanol–water partition coefficient (Wildman–Crippen LogP) is 3.50. The van der Waals surface area contributed by atoms with Gasteiger partial charge in [0.05, 0.1) is 0 Å². The Hall–Kier alpha value is -2.00. The quantitative estimate of drug-likeness (QED) is 0.798. The minimum Gasteiger partial charge on any atom is -0.507 e. The van der Waals surface area contributed by atoms with E-state index in [1.54, 1.807) is 36.4 Å². The summed E-state index contributed by atoms with van der Waals surface area (Å²) in [5.41, 5.74) is 0.938. The number of hydrogen-bond acceptors (Lipinski definition) is 3. The Labute approximate surface area is 104 Å². The number of phenolic OH excluding ortho intramolecular Hbond substituents is 2. The molecular formula is C13H10ClNO2. The molecule has 0 heterocycles. The fourth-order valence-corrected chi connectivity index (χ4v) is 1.50. The van der Waals surface area contributed by atoms with Gasteiger partial charge in [-0.05, 0) is 30.3 Å². The van der Waals surface area contributed by atoms with Gasteiger partial charge in [0.25, 0.3) is 0 Å². The van der Waals surface area contributed by atoms with Crippen molar-refractivity contribution in [1.29, 1.82) is 0 Å². The van der Waals surface area contributed by atoms with Crippen LogP contribution in [0.2, 0.25) is 5.02 Å². The van der Waals surface area contributed by atoms with E-state index in [1.165, 1.54) is 12.3 Å². The Kier molecular flexibility index (Phi) is 3.30. The van der Waals surface area contributed by atoms with E-state index >= 15 is 0 Å². The first-order chi connectivity index (χ1) is 8.16. The highest BCUT2D eigenvalue weighted by molar-refractivity contribution is 6.30. The van der Waals surface area contributed by atoms with Crippen molar-refractivity contribution in [3.05, 3.63) is 53.1 Å². The molecule has 0 fully saturated rings. The van der Waals surface area contributed by atoms with E-state index in [4.69, 9.17) is 11.6 Å². The van der Waals surface area contributed by atoms with Gasteiger partial charge < -0.3 is 10.2 Å². The first-order valence-corrected chi connectivity index (χ1v) is 5.35. The minimum absolute atomic E-state index is 0.0427. The number of benzene rings is 2. The Morgan fingerprint density at radius 3 is 2.53 bits per heavy atom. The normalized spacial score (nSPS) is 10.9. The first-order valence-electron chi connectivity index (χ1n) is 4.97. The molecule has 3 nitrogen and oxygen atoms in total. The first kappa shape index (κ1) is 11.5. The molecule has 0 radical (unpaired) electrons. The molecule has 2 N–H and O–H groups in total. The zero-order chi connectivity index (χ0) is 12.3. The van der Waals surface area contributed by atoms with Gasteiger partial charge in [-0.15, -0.1) is 0 Å². The number of rotatable bonds is 2. The van der Waals surface area contributed by atoms with Crippen LogP contribution in [0, 0.1) is 0 Å². The highest BCUT2D eigenvalue weighted by Gasteiger charge is 2.00. The van der Waals surface area contributed by atoms with Gasteiger partial charge in [0.15, 0.2) is 0 Å². The van der Waals surface area contributed by atoms with Gasteiger partial charge in [0, 0.05) is 16.8 Å². The zero-order valence-electron chi connectivity index (χ0n) is 8.84. The van der Waals surface area contributed by atoms with Gasteiger partial charge >= 0.3 is 0 Å². The van der Waals surface area contributed by atoms with Crippen molar-refractivity contribution in [2.45, 2.75) is 0 Å². The molecule has 86 valence electrons. The van der Waals surface area contributed by atoms with Crippen molar-refractivity contribution in [3.8, 4) is 11.5 Å². The highest BCUT2D eigenvalue weighted by Crippen LogP contribution is 2.29. The van der Waals surface area contributed by atoms with E-state index in [9.17, 15) is 10.2 Å². The van der Waals surface area contributed by atoms with Crippen LogP contribution in [0.4, 0.5) is 5.69 Å². The van der Waals surface area contributed by atoms with E-state index in [2.05, 4.69) is 4.99 Å². The lowest BCUT2D eigenvalue weighted by atomic mass is 10.2. The van der Waals surface area contributed by atoms with Crippen molar-refractivity contribution < 1.29 is 10.2 Å². The minimum atomic E-state index is 0.0427. The molecule has 0 saturated heterocycles. The molecule has 0 aliphatic rings. The maximum atomic E-state index is 9.55. The van der Waals surface area contributed by atoms with Gasteiger partial charge in [-0.1, -0.05) is 23.7 Å². The van der Waals surface area contributed by atoms with Crippen LogP contribution < -0.4 is 0 Å². The van der Waals surface area contributed by atoms with Crippen LogP contribution in [0.25, 0.3) is 0 Å². The zero-order valence-corrected chi connectivity index (χ0v) is 9.59. The smallest absolute Gasteiger partial charge is 0.141 e. The van der Waals surface area contributed by atoms with Crippen LogP contribution in [-0.2, 0) is 0 Å². The molecule has 4 heteroatoms. The maximum absolute atomic E-state index is 9.55. The van der Waals surface area contributed by atoms with Crippen molar-refractivity contribution in [2.75, 3.05) is 0 Å². The maximum Gasteiger partial charge on any atom is 0.141 e. The second-order valence-electron chi connectivity index (χ2n) is 3.45. The summed E-state index contributed by atoms with van der Waals surface area (Å²) in [6.07, 6.45) is 1.47. The lowest BCUT2D eigenvalue weighted by Gasteiger charge is -2.00. The molecular weight excluding hydrogens is 238 g/mol. The van der Waals surface area contributed by atoms with E-state index in [0.717, 1.165) is 0 Å². The lowest BCUT2D eigenvalue weighted by molar-refractivity contribution is 0.474. The number of nitrogens with zero attached hydrogens (tertiary/aromatic N) is 1. The molecule has 2 rings (SSSR count). The van der Waals surface area contributed by atoms with E-state index in [0.29, 0.717) is 16.3 Å². The molecule has 0 aliphatic heterocycles. The molecule has 0 aliphatic carbocycles. The van der Waals surface area contributed by atoms with Crippen molar-refractivity contribution >= 4 is 23.5 Å². The van der Waals surface area contributed by atoms with Crippen molar-refractivity contribution in [1.82, 2.24) is 0 Å². The van der Waals surface area contributed by atoms with Gasteiger partial charge in [-0.25, -0.2) is 0 Å². The third-order valence-electron chi connectivity index (χ3n) is 2.22. The summed E-state index contributed by atoms with van der Waals surface area (Å²) in [5.74, 6) is 0.179. The van der Waals surface area contributed by atoms with Crippen LogP contribution in [-0.4, -0.2) is 16.4 Å². The van der Waals surface area contributed by atoms with Crippen LogP contribution in [0.1, 0.15) is 5.56 Å². The second-order valence-corrected chi connectivity index (χ2v) is 3.89. The number of halogens is 1. The third-order valence-corrected chi connectivity index (χ3v) is 2.45. The van der Waals surface area contributed by atoms with E-state index in [1.807, 2.05) is 0 Å². The van der Waals surface area contributed by atoms with Gasteiger partial charge in [0.1, 0.15) is 17.2 Å². The standard InChI is InChI=1S/C13H10ClNO2/c14-10-5-6-13(17)11(7-10)15-8-9-3-1-2-4-12(9)16/h1-8,16-17H. The summed E-state index contributed by atoms with van der Waals surface area (Å²) in [6.45, 7) is 0. The van der Waals surface area contributed by atoms with Crippen LogP contribution in [0.5, 0.6) is 11.5 Å². The average molecular weight is 248 g/mol. The summed E-state index contributed by atoms with van der Waals surface area (Å²) in [4.78, 5) is 4.08. The van der Waals surface area contributed by atoms with Crippen LogP contribution in [0.3, 0.4) is 0 Å². The number of hydrogen-bond donors (Lipinski definition) is 2. The number of aromatic hydroxyl groups is 2. The van der Waals surface area contributed by atoms with Gasteiger partial charge in [-0.3, -0.25) is 4.99 Å². The lowest BCUT2D eigenvalue weighted by Crippen LogP contribution is -1.81. The highest BCUT2D eigenvalue weighted by atomic mass is 35.5. The molecule has 0 spiro atoms. The average Bonchev–Trinajstić information content (AvgIpc) is 2.32. The summed E-state index contributed by atoms with van der Waals surface area (Å²) >= 11 is 5.80. The SMILES string of the molecule is Oc1ccccc1C=Nc1cc(Cl)ccc1O. The Bertz CT molecular complexity index is 567. The number of aliphatic imine (C=N–C) groups is 1. The summed E-state index contributed by atoms with van der Waals surface area (Å²) in [6, 6.07) is 11.4. The van der Waals surface area contributed by atoms with Gasteiger partial charge in [0.2, 0.25) is 0 Å². The summed E-state index contributed by atoms with van der Waals surface area (Å²) < 4.78 is 0. The van der Waals surface area contributed by atoms with E-state index < -0.39 is 0 Å². The molecule has 2 aromatic rings. The topological polar surface area (TPSA) is 52.8 Å². The molecule has 0 atom stereocenters. The largest absolute Gasteiger partial charge is 0.507 e. The number of phenols is 2. The third kappa shape index (κ3) is 2.77. The number of para-hydroxylation sites is 1. The van der Waals surface area contributed by atoms with Gasteiger partial charge in [-0.2, -0.15) is 0 Å². The van der Waals surface area contributed by atoms with Crippen molar-refractivity contribution in [3.63, 3.8) is 0 Å². The molecule has 0 bridgehead atoms. The Morgan fingerprint density at radius 1 is 1.00 bits per heavy atom. The molecule has 0 unspecified atom stereocenters. The summed E-state index contributed by atoms with van der Waals surface area (Å²) in [5, 5.41) is 19.6.